The van der Waals surface area contributed by atoms with Crippen LogP contribution in [0.2, 0.25) is 0 Å². The van der Waals surface area contributed by atoms with Gasteiger partial charge in [0.1, 0.15) is 0 Å². The summed E-state index contributed by atoms with van der Waals surface area (Å²) in [4.78, 5) is 26.1. The second kappa shape index (κ2) is 9.96. The molecule has 5 heteroatoms. The van der Waals surface area contributed by atoms with Gasteiger partial charge < -0.3 is 15.5 Å². The monoisotopic (exact) mass is 331 g/mol. The molecule has 0 atom stereocenters. The van der Waals surface area contributed by atoms with Crippen LogP contribution in [0.25, 0.3) is 0 Å². The van der Waals surface area contributed by atoms with Crippen LogP contribution in [0.5, 0.6) is 0 Å². The van der Waals surface area contributed by atoms with Crippen LogP contribution in [0, 0.1) is 0 Å². The Morgan fingerprint density at radius 2 is 1.71 bits per heavy atom. The summed E-state index contributed by atoms with van der Waals surface area (Å²) in [6.07, 6.45) is 6.71. The smallest absolute Gasteiger partial charge is 0.251 e. The number of unbranched alkanes of at least 4 members (excludes halogenated alkanes) is 1. The number of hydrogen-bond donors (Lipinski definition) is 2. The molecule has 0 saturated carbocycles. The molecule has 2 N–H and O–H groups in total. The van der Waals surface area contributed by atoms with Crippen molar-refractivity contribution in [2.24, 2.45) is 0 Å². The highest BCUT2D eigenvalue weighted by atomic mass is 16.2. The second-order valence-electron chi connectivity index (χ2n) is 6.34. The normalized spacial score (nSPS) is 14.8. The molecule has 1 aromatic rings. The zero-order chi connectivity index (χ0) is 17.2. The van der Waals surface area contributed by atoms with Crippen LogP contribution in [0.15, 0.2) is 24.3 Å². The SMILES string of the molecule is CCCCNC(=O)c1ccc(NCC(=O)N2CCCCCC2)cc1. The lowest BCUT2D eigenvalue weighted by Gasteiger charge is -2.20. The fourth-order valence-electron chi connectivity index (χ4n) is 2.83. The van der Waals surface area contributed by atoms with Gasteiger partial charge in [-0.3, -0.25) is 9.59 Å². The lowest BCUT2D eigenvalue weighted by Crippen LogP contribution is -2.36. The Morgan fingerprint density at radius 3 is 2.33 bits per heavy atom. The van der Waals surface area contributed by atoms with Crippen molar-refractivity contribution in [1.29, 1.82) is 0 Å². The fourth-order valence-corrected chi connectivity index (χ4v) is 2.83. The third-order valence-electron chi connectivity index (χ3n) is 4.37. The number of carbonyl (C=O) groups is 2. The maximum absolute atomic E-state index is 12.2. The molecule has 1 aliphatic rings. The minimum absolute atomic E-state index is 0.0457. The quantitative estimate of drug-likeness (QED) is 0.755. The number of nitrogens with zero attached hydrogens (tertiary/aromatic N) is 1. The Morgan fingerprint density at radius 1 is 1.04 bits per heavy atom. The predicted molar refractivity (Wildman–Crippen MR) is 97.2 cm³/mol. The number of nitrogens with one attached hydrogen (secondary N) is 2. The summed E-state index contributed by atoms with van der Waals surface area (Å²) in [5, 5.41) is 6.06. The van der Waals surface area contributed by atoms with Crippen molar-refractivity contribution in [3.8, 4) is 0 Å². The third-order valence-corrected chi connectivity index (χ3v) is 4.37. The largest absolute Gasteiger partial charge is 0.376 e. The predicted octanol–water partition coefficient (Wildman–Crippen LogP) is 3.03. The van der Waals surface area contributed by atoms with E-state index < -0.39 is 0 Å². The Balaban J connectivity index is 1.78. The molecule has 5 nitrogen and oxygen atoms in total. The Kier molecular flexibility index (Phi) is 7.59. The highest BCUT2D eigenvalue weighted by Crippen LogP contribution is 2.12. The molecule has 0 unspecified atom stereocenters. The number of carbonyl (C=O) groups excluding carboxylic acids is 2. The van der Waals surface area contributed by atoms with Gasteiger partial charge in [0.2, 0.25) is 5.91 Å². The first-order chi connectivity index (χ1) is 11.7. The van der Waals surface area contributed by atoms with Crippen molar-refractivity contribution in [1.82, 2.24) is 10.2 Å². The molecule has 0 radical (unpaired) electrons. The van der Waals surface area contributed by atoms with Crippen LogP contribution in [0.3, 0.4) is 0 Å². The van der Waals surface area contributed by atoms with E-state index in [2.05, 4.69) is 17.6 Å². The zero-order valence-corrected chi connectivity index (χ0v) is 14.6. The average molecular weight is 331 g/mol. The van der Waals surface area contributed by atoms with E-state index in [9.17, 15) is 9.59 Å². The van der Waals surface area contributed by atoms with Crippen molar-refractivity contribution >= 4 is 17.5 Å². The van der Waals surface area contributed by atoms with E-state index in [1.54, 1.807) is 12.1 Å². The molecule has 1 heterocycles. The second-order valence-corrected chi connectivity index (χ2v) is 6.34. The van der Waals surface area contributed by atoms with E-state index in [1.807, 2.05) is 17.0 Å². The van der Waals surface area contributed by atoms with Gasteiger partial charge in [0.15, 0.2) is 0 Å². The Bertz CT molecular complexity index is 520. The molecule has 24 heavy (non-hydrogen) atoms. The van der Waals surface area contributed by atoms with E-state index in [0.717, 1.165) is 44.5 Å². The molecule has 0 aliphatic carbocycles. The van der Waals surface area contributed by atoms with E-state index in [0.29, 0.717) is 18.7 Å². The molecular weight excluding hydrogens is 302 g/mol. The first-order valence-electron chi connectivity index (χ1n) is 9.10. The minimum atomic E-state index is -0.0457. The van der Waals surface area contributed by atoms with Crippen LogP contribution < -0.4 is 10.6 Å². The van der Waals surface area contributed by atoms with Gasteiger partial charge in [-0.05, 0) is 43.5 Å². The molecule has 1 aromatic carbocycles. The fraction of sp³-hybridized carbons (Fsp3) is 0.579. The van der Waals surface area contributed by atoms with Gasteiger partial charge in [0, 0.05) is 30.9 Å². The maximum Gasteiger partial charge on any atom is 0.251 e. The van der Waals surface area contributed by atoms with Crippen LogP contribution in [0.1, 0.15) is 55.8 Å². The summed E-state index contributed by atoms with van der Waals surface area (Å²) >= 11 is 0. The summed E-state index contributed by atoms with van der Waals surface area (Å²) < 4.78 is 0. The van der Waals surface area contributed by atoms with E-state index in [1.165, 1.54) is 12.8 Å². The molecular formula is C19H29N3O2. The lowest BCUT2D eigenvalue weighted by molar-refractivity contribution is -0.129. The van der Waals surface area contributed by atoms with Crippen molar-refractivity contribution < 1.29 is 9.59 Å². The minimum Gasteiger partial charge on any atom is -0.376 e. The van der Waals surface area contributed by atoms with Gasteiger partial charge in [-0.2, -0.15) is 0 Å². The summed E-state index contributed by atoms with van der Waals surface area (Å²) in [6, 6.07) is 7.29. The van der Waals surface area contributed by atoms with Crippen molar-refractivity contribution in [2.75, 3.05) is 31.5 Å². The summed E-state index contributed by atoms with van der Waals surface area (Å²) in [5.41, 5.74) is 1.51. The summed E-state index contributed by atoms with van der Waals surface area (Å²) in [5.74, 6) is 0.105. The van der Waals surface area contributed by atoms with Crippen LogP contribution in [-0.2, 0) is 4.79 Å². The Labute approximate surface area is 144 Å². The van der Waals surface area contributed by atoms with Crippen molar-refractivity contribution in [3.05, 3.63) is 29.8 Å². The van der Waals surface area contributed by atoms with Crippen molar-refractivity contribution in [3.63, 3.8) is 0 Å². The Hall–Kier alpha value is -2.04. The average Bonchev–Trinajstić information content (AvgIpc) is 2.89. The van der Waals surface area contributed by atoms with Crippen molar-refractivity contribution in [2.45, 2.75) is 45.4 Å². The van der Waals surface area contributed by atoms with E-state index >= 15 is 0 Å². The molecule has 1 saturated heterocycles. The van der Waals surface area contributed by atoms with Gasteiger partial charge >= 0.3 is 0 Å². The lowest BCUT2D eigenvalue weighted by atomic mass is 10.2. The number of likely N-dealkylation sites (tertiary alicyclic amines) is 1. The standard InChI is InChI=1S/C19H29N3O2/c1-2-3-12-20-19(24)16-8-10-17(11-9-16)21-15-18(23)22-13-6-4-5-7-14-22/h8-11,21H,2-7,12-15H2,1H3,(H,20,24). The van der Waals surface area contributed by atoms with Gasteiger partial charge in [-0.15, -0.1) is 0 Å². The molecule has 0 spiro atoms. The van der Waals surface area contributed by atoms with E-state index in [-0.39, 0.29) is 11.8 Å². The summed E-state index contributed by atoms with van der Waals surface area (Å²) in [7, 11) is 0. The summed E-state index contributed by atoms with van der Waals surface area (Å²) in [6.45, 7) is 4.86. The molecule has 132 valence electrons. The highest BCUT2D eigenvalue weighted by Gasteiger charge is 2.15. The zero-order valence-electron chi connectivity index (χ0n) is 14.6. The third kappa shape index (κ3) is 5.87. The van der Waals surface area contributed by atoms with Gasteiger partial charge in [-0.1, -0.05) is 26.2 Å². The molecule has 1 fully saturated rings. The van der Waals surface area contributed by atoms with Gasteiger partial charge in [-0.25, -0.2) is 0 Å². The maximum atomic E-state index is 12.2. The number of benzene rings is 1. The molecule has 2 rings (SSSR count). The highest BCUT2D eigenvalue weighted by molar-refractivity contribution is 5.94. The molecule has 0 aromatic heterocycles. The molecule has 0 bridgehead atoms. The van der Waals surface area contributed by atoms with Crippen LogP contribution in [-0.4, -0.2) is 42.9 Å². The molecule has 2 amide bonds. The molecule has 1 aliphatic heterocycles. The topological polar surface area (TPSA) is 61.4 Å². The number of anilines is 1. The van der Waals surface area contributed by atoms with Gasteiger partial charge in [0.05, 0.1) is 6.54 Å². The van der Waals surface area contributed by atoms with Crippen LogP contribution in [0.4, 0.5) is 5.69 Å². The van der Waals surface area contributed by atoms with Crippen LogP contribution >= 0.6 is 0 Å². The number of amides is 2. The first kappa shape index (κ1) is 18.3. The van der Waals surface area contributed by atoms with E-state index in [4.69, 9.17) is 0 Å². The number of rotatable bonds is 7. The number of hydrogen-bond acceptors (Lipinski definition) is 3. The van der Waals surface area contributed by atoms with Gasteiger partial charge in [0.25, 0.3) is 5.91 Å². The first-order valence-corrected chi connectivity index (χ1v) is 9.10.